The zero-order valence-electron chi connectivity index (χ0n) is 9.94. The molecule has 3 rings (SSSR count). The molecular weight excluding hydrogens is 262 g/mol. The zero-order valence-corrected chi connectivity index (χ0v) is 10.7. The quantitative estimate of drug-likeness (QED) is 0.734. The van der Waals surface area contributed by atoms with Gasteiger partial charge < -0.3 is 0 Å². The molecule has 0 radical (unpaired) electrons. The van der Waals surface area contributed by atoms with E-state index >= 15 is 0 Å². The summed E-state index contributed by atoms with van der Waals surface area (Å²) in [7, 11) is 0. The number of halogens is 1. The van der Waals surface area contributed by atoms with E-state index < -0.39 is 0 Å². The van der Waals surface area contributed by atoms with Crippen molar-refractivity contribution in [2.75, 3.05) is 0 Å². The van der Waals surface area contributed by atoms with Gasteiger partial charge in [0.25, 0.3) is 0 Å². The maximum Gasteiger partial charge on any atom is 0.183 e. The van der Waals surface area contributed by atoms with Crippen LogP contribution < -0.4 is 0 Å². The van der Waals surface area contributed by atoms with Gasteiger partial charge in [-0.15, -0.1) is 5.10 Å². The van der Waals surface area contributed by atoms with Crippen molar-refractivity contribution in [3.63, 3.8) is 0 Å². The van der Waals surface area contributed by atoms with Crippen molar-refractivity contribution in [1.82, 2.24) is 25.2 Å². The molecule has 19 heavy (non-hydrogen) atoms. The van der Waals surface area contributed by atoms with E-state index in [0.717, 1.165) is 11.1 Å². The highest BCUT2D eigenvalue weighted by Gasteiger charge is 2.11. The highest BCUT2D eigenvalue weighted by Crippen LogP contribution is 2.25. The van der Waals surface area contributed by atoms with Crippen LogP contribution in [0.3, 0.4) is 0 Å². The molecule has 0 spiro atoms. The molecule has 0 atom stereocenters. The van der Waals surface area contributed by atoms with Crippen LogP contribution in [0.15, 0.2) is 48.8 Å². The lowest BCUT2D eigenvalue weighted by molar-refractivity contribution is 0.653. The first-order chi connectivity index (χ1) is 9.34. The first-order valence-electron chi connectivity index (χ1n) is 5.74. The van der Waals surface area contributed by atoms with Gasteiger partial charge in [0.2, 0.25) is 0 Å². The van der Waals surface area contributed by atoms with Gasteiger partial charge in [-0.05, 0) is 40.3 Å². The summed E-state index contributed by atoms with van der Waals surface area (Å²) in [6, 6.07) is 11.4. The van der Waals surface area contributed by atoms with Crippen LogP contribution in [-0.4, -0.2) is 25.2 Å². The molecule has 0 aliphatic heterocycles. The molecule has 0 bridgehead atoms. The minimum Gasteiger partial charge on any atom is -0.265 e. The third-order valence-electron chi connectivity index (χ3n) is 2.73. The number of pyridine rings is 1. The van der Waals surface area contributed by atoms with Crippen LogP contribution in [0.25, 0.3) is 11.4 Å². The molecule has 3 aromatic rings. The Morgan fingerprint density at radius 3 is 2.63 bits per heavy atom. The van der Waals surface area contributed by atoms with E-state index in [1.165, 1.54) is 0 Å². The van der Waals surface area contributed by atoms with E-state index in [4.69, 9.17) is 11.6 Å². The summed E-state index contributed by atoms with van der Waals surface area (Å²) in [6.07, 6.45) is 3.49. The molecule has 0 aliphatic carbocycles. The molecule has 0 N–H and O–H groups in total. The third-order valence-corrected chi connectivity index (χ3v) is 3.06. The number of hydrogen-bond donors (Lipinski definition) is 0. The molecule has 0 fully saturated rings. The van der Waals surface area contributed by atoms with Crippen molar-refractivity contribution in [2.45, 2.75) is 6.54 Å². The Kier molecular flexibility index (Phi) is 3.20. The van der Waals surface area contributed by atoms with Gasteiger partial charge in [-0.1, -0.05) is 23.7 Å². The van der Waals surface area contributed by atoms with E-state index in [1.54, 1.807) is 17.1 Å². The van der Waals surface area contributed by atoms with E-state index in [1.807, 2.05) is 36.4 Å². The van der Waals surface area contributed by atoms with E-state index in [9.17, 15) is 0 Å². The van der Waals surface area contributed by atoms with Crippen LogP contribution >= 0.6 is 11.6 Å². The van der Waals surface area contributed by atoms with Crippen molar-refractivity contribution in [1.29, 1.82) is 0 Å². The predicted octanol–water partition coefficient (Wildman–Crippen LogP) is 2.44. The Labute approximate surface area is 114 Å². The topological polar surface area (TPSA) is 56.5 Å². The van der Waals surface area contributed by atoms with Gasteiger partial charge >= 0.3 is 0 Å². The van der Waals surface area contributed by atoms with Gasteiger partial charge in [0, 0.05) is 18.0 Å². The smallest absolute Gasteiger partial charge is 0.183 e. The lowest BCUT2D eigenvalue weighted by atomic mass is 10.2. The van der Waals surface area contributed by atoms with Gasteiger partial charge in [-0.2, -0.15) is 0 Å². The van der Waals surface area contributed by atoms with Gasteiger partial charge in [-0.3, -0.25) is 4.98 Å². The average molecular weight is 272 g/mol. The second-order valence-electron chi connectivity index (χ2n) is 4.00. The zero-order chi connectivity index (χ0) is 13.1. The van der Waals surface area contributed by atoms with Crippen LogP contribution in [0.5, 0.6) is 0 Å². The highest BCUT2D eigenvalue weighted by atomic mass is 35.5. The van der Waals surface area contributed by atoms with E-state index in [2.05, 4.69) is 20.5 Å². The van der Waals surface area contributed by atoms with Crippen LogP contribution in [0.1, 0.15) is 5.56 Å². The number of tetrazole rings is 1. The van der Waals surface area contributed by atoms with Crippen molar-refractivity contribution >= 4 is 11.6 Å². The number of benzene rings is 1. The SMILES string of the molecule is Clc1ccccc1-c1nnnn1Cc1ccncc1. The molecular formula is C13H10ClN5. The van der Waals surface area contributed by atoms with Gasteiger partial charge in [0.15, 0.2) is 5.82 Å². The Bertz CT molecular complexity index is 680. The molecule has 0 saturated carbocycles. The van der Waals surface area contributed by atoms with E-state index in [0.29, 0.717) is 17.4 Å². The molecule has 5 nitrogen and oxygen atoms in total. The first-order valence-corrected chi connectivity index (χ1v) is 6.12. The predicted molar refractivity (Wildman–Crippen MR) is 71.6 cm³/mol. The molecule has 2 aromatic heterocycles. The molecule has 0 saturated heterocycles. The minimum absolute atomic E-state index is 0.579. The first kappa shape index (κ1) is 11.8. The molecule has 94 valence electrons. The molecule has 0 unspecified atom stereocenters. The van der Waals surface area contributed by atoms with Crippen molar-refractivity contribution in [3.8, 4) is 11.4 Å². The van der Waals surface area contributed by atoms with Crippen LogP contribution in [-0.2, 0) is 6.54 Å². The summed E-state index contributed by atoms with van der Waals surface area (Å²) in [5.41, 5.74) is 1.90. The maximum absolute atomic E-state index is 6.17. The van der Waals surface area contributed by atoms with Crippen molar-refractivity contribution < 1.29 is 0 Å². The number of rotatable bonds is 3. The number of hydrogen-bond acceptors (Lipinski definition) is 4. The van der Waals surface area contributed by atoms with Crippen LogP contribution in [0.4, 0.5) is 0 Å². The molecule has 0 aliphatic rings. The van der Waals surface area contributed by atoms with Gasteiger partial charge in [-0.25, -0.2) is 4.68 Å². The summed E-state index contributed by atoms with van der Waals surface area (Å²) in [4.78, 5) is 3.99. The fourth-order valence-corrected chi connectivity index (χ4v) is 2.03. The standard InChI is InChI=1S/C13H10ClN5/c14-12-4-2-1-3-11(12)13-16-17-18-19(13)9-10-5-7-15-8-6-10/h1-8H,9H2. The lowest BCUT2D eigenvalue weighted by Crippen LogP contribution is -2.04. The second kappa shape index (κ2) is 5.16. The summed E-state index contributed by atoms with van der Waals surface area (Å²) in [5, 5.41) is 12.4. The van der Waals surface area contributed by atoms with Gasteiger partial charge in [0.1, 0.15) is 0 Å². The molecule has 1 aromatic carbocycles. The number of nitrogens with zero attached hydrogens (tertiary/aromatic N) is 5. The summed E-state index contributed by atoms with van der Waals surface area (Å²) < 4.78 is 1.72. The Morgan fingerprint density at radius 2 is 1.84 bits per heavy atom. The van der Waals surface area contributed by atoms with Crippen LogP contribution in [0, 0.1) is 0 Å². The minimum atomic E-state index is 0.579. The summed E-state index contributed by atoms with van der Waals surface area (Å²) >= 11 is 6.17. The van der Waals surface area contributed by atoms with Gasteiger partial charge in [0.05, 0.1) is 11.6 Å². The second-order valence-corrected chi connectivity index (χ2v) is 4.40. The Hall–Kier alpha value is -2.27. The third kappa shape index (κ3) is 2.46. The van der Waals surface area contributed by atoms with Crippen LogP contribution in [0.2, 0.25) is 5.02 Å². The number of aromatic nitrogens is 5. The van der Waals surface area contributed by atoms with Crippen molar-refractivity contribution in [2.24, 2.45) is 0 Å². The molecule has 6 heteroatoms. The fraction of sp³-hybridized carbons (Fsp3) is 0.0769. The van der Waals surface area contributed by atoms with E-state index in [-0.39, 0.29) is 0 Å². The monoisotopic (exact) mass is 271 g/mol. The Morgan fingerprint density at radius 1 is 1.05 bits per heavy atom. The lowest BCUT2D eigenvalue weighted by Gasteiger charge is -2.05. The maximum atomic E-state index is 6.17. The average Bonchev–Trinajstić information content (AvgIpc) is 2.88. The Balaban J connectivity index is 1.98. The van der Waals surface area contributed by atoms with Crippen molar-refractivity contribution in [3.05, 3.63) is 59.4 Å². The normalized spacial score (nSPS) is 10.6. The largest absolute Gasteiger partial charge is 0.265 e. The molecule has 0 amide bonds. The summed E-state index contributed by atoms with van der Waals surface area (Å²) in [5.74, 6) is 0.655. The molecule has 2 heterocycles. The fourth-order valence-electron chi connectivity index (χ4n) is 1.81. The highest BCUT2D eigenvalue weighted by molar-refractivity contribution is 6.33. The summed E-state index contributed by atoms with van der Waals surface area (Å²) in [6.45, 7) is 0.579.